The number of thiocarbonyl (C=S) groups is 1. The molecule has 0 radical (unpaired) electrons. The number of benzene rings is 2. The topological polar surface area (TPSA) is 48.5 Å². The number of anilines is 1. The quantitative estimate of drug-likeness (QED) is 0.296. The van der Waals surface area contributed by atoms with E-state index in [9.17, 15) is 13.6 Å². The first kappa shape index (κ1) is 25.8. The summed E-state index contributed by atoms with van der Waals surface area (Å²) in [5.74, 6) is -4.37. The maximum atomic E-state index is 14.7. The summed E-state index contributed by atoms with van der Waals surface area (Å²) in [4.78, 5) is 20.6. The summed E-state index contributed by atoms with van der Waals surface area (Å²) in [5, 5.41) is 3.70. The lowest BCUT2D eigenvalue weighted by atomic mass is 10.1. The molecule has 0 aliphatic carbocycles. The van der Waals surface area contributed by atoms with Gasteiger partial charge in [-0.1, -0.05) is 83.3 Å². The maximum Gasteiger partial charge on any atom is 0.281 e. The van der Waals surface area contributed by atoms with Gasteiger partial charge in [0.1, 0.15) is 0 Å². The first-order chi connectivity index (χ1) is 16.6. The predicted octanol–water partition coefficient (Wildman–Crippen LogP) is 6.03. The van der Waals surface area contributed by atoms with Gasteiger partial charge in [0.2, 0.25) is 9.70 Å². The minimum absolute atomic E-state index is 0.274. The Morgan fingerprint density at radius 1 is 1.06 bits per heavy atom. The van der Waals surface area contributed by atoms with E-state index in [0.717, 1.165) is 16.6 Å². The highest BCUT2D eigenvalue weighted by atomic mass is 35.6. The molecule has 1 aliphatic rings. The Morgan fingerprint density at radius 3 is 2.49 bits per heavy atom. The standard InChI is InChI=1S/C24H21Cl3F2N4OS/c25-24(26,27)21(31-19(34)15-23(28,29)17-9-2-1-3-10-17)33-14-6-13-32(22(33)35)18-11-4-7-16-8-5-12-30-20(16)18/h1-5,7-12,21H,6,13-15H2,(H,31,34). The molecule has 1 fully saturated rings. The number of carbonyl (C=O) groups excluding carboxylic acids is 1. The van der Waals surface area contributed by atoms with Crippen LogP contribution < -0.4 is 10.2 Å². The molecule has 1 amide bonds. The number of aromatic nitrogens is 1. The van der Waals surface area contributed by atoms with Crippen molar-refractivity contribution in [3.05, 3.63) is 72.4 Å². The third kappa shape index (κ3) is 5.77. The van der Waals surface area contributed by atoms with Crippen LogP contribution in [0, 0.1) is 0 Å². The molecule has 0 saturated carbocycles. The number of hydrogen-bond donors (Lipinski definition) is 1. The Hall–Kier alpha value is -2.26. The molecule has 184 valence electrons. The molecular formula is C24H21Cl3F2N4OS. The second-order valence-electron chi connectivity index (χ2n) is 8.09. The van der Waals surface area contributed by atoms with Crippen molar-refractivity contribution in [3.8, 4) is 0 Å². The van der Waals surface area contributed by atoms with E-state index >= 15 is 0 Å². The average molecular weight is 558 g/mol. The van der Waals surface area contributed by atoms with Gasteiger partial charge in [-0.15, -0.1) is 0 Å². The molecule has 3 aromatic rings. The van der Waals surface area contributed by atoms with Gasteiger partial charge in [0.05, 0.1) is 17.6 Å². The SMILES string of the molecule is O=C(CC(F)(F)c1ccccc1)NC(N1CCCN(c2cccc3cccnc23)C1=S)C(Cl)(Cl)Cl. The Morgan fingerprint density at radius 2 is 1.77 bits per heavy atom. The van der Waals surface area contributed by atoms with Crippen LogP contribution in [0.2, 0.25) is 0 Å². The van der Waals surface area contributed by atoms with E-state index in [0.29, 0.717) is 24.6 Å². The smallest absolute Gasteiger partial charge is 0.281 e. The minimum atomic E-state index is -3.40. The monoisotopic (exact) mass is 556 g/mol. The molecule has 1 aromatic heterocycles. The number of rotatable bonds is 6. The lowest BCUT2D eigenvalue weighted by Gasteiger charge is -2.44. The Bertz CT molecular complexity index is 1220. The van der Waals surface area contributed by atoms with Crippen molar-refractivity contribution >= 4 is 74.6 Å². The van der Waals surface area contributed by atoms with Gasteiger partial charge in [-0.25, -0.2) is 8.78 Å². The van der Waals surface area contributed by atoms with Gasteiger partial charge in [0.25, 0.3) is 5.92 Å². The summed E-state index contributed by atoms with van der Waals surface area (Å²) >= 11 is 24.4. The Labute approximate surface area is 221 Å². The van der Waals surface area contributed by atoms with Crippen LogP contribution >= 0.6 is 47.0 Å². The fraction of sp³-hybridized carbons (Fsp3) is 0.292. The zero-order valence-electron chi connectivity index (χ0n) is 18.3. The van der Waals surface area contributed by atoms with Crippen molar-refractivity contribution in [1.82, 2.24) is 15.2 Å². The molecule has 1 unspecified atom stereocenters. The Balaban J connectivity index is 1.57. The third-order valence-corrected chi connectivity index (χ3v) is 6.73. The van der Waals surface area contributed by atoms with Crippen molar-refractivity contribution in [2.45, 2.75) is 28.7 Å². The summed E-state index contributed by atoms with van der Waals surface area (Å²) in [5.41, 5.74) is 1.24. The molecule has 1 N–H and O–H groups in total. The van der Waals surface area contributed by atoms with Crippen molar-refractivity contribution in [2.75, 3.05) is 18.0 Å². The highest BCUT2D eigenvalue weighted by molar-refractivity contribution is 7.80. The lowest BCUT2D eigenvalue weighted by molar-refractivity contribution is -0.130. The molecule has 0 spiro atoms. The number of carbonyl (C=O) groups is 1. The molecular weight excluding hydrogens is 537 g/mol. The van der Waals surface area contributed by atoms with Crippen molar-refractivity contribution in [3.63, 3.8) is 0 Å². The summed E-state index contributed by atoms with van der Waals surface area (Å²) < 4.78 is 27.3. The molecule has 0 bridgehead atoms. The number of para-hydroxylation sites is 1. The first-order valence-electron chi connectivity index (χ1n) is 10.8. The number of nitrogens with one attached hydrogen (secondary N) is 1. The normalized spacial score (nSPS) is 15.9. The van der Waals surface area contributed by atoms with Crippen LogP contribution in [-0.2, 0) is 10.7 Å². The highest BCUT2D eigenvalue weighted by Gasteiger charge is 2.44. The van der Waals surface area contributed by atoms with E-state index in [1.165, 1.54) is 24.3 Å². The molecule has 1 saturated heterocycles. The zero-order valence-corrected chi connectivity index (χ0v) is 21.4. The van der Waals surface area contributed by atoms with E-state index in [1.807, 2.05) is 35.2 Å². The Kier molecular flexibility index (Phi) is 7.66. The maximum absolute atomic E-state index is 14.7. The van der Waals surface area contributed by atoms with Crippen molar-refractivity contribution in [2.24, 2.45) is 0 Å². The van der Waals surface area contributed by atoms with E-state index in [2.05, 4.69) is 10.3 Å². The third-order valence-electron chi connectivity index (χ3n) is 5.66. The molecule has 5 nitrogen and oxygen atoms in total. The number of amides is 1. The number of pyridine rings is 1. The van der Waals surface area contributed by atoms with E-state index in [1.54, 1.807) is 17.2 Å². The first-order valence-corrected chi connectivity index (χ1v) is 12.3. The van der Waals surface area contributed by atoms with Crippen LogP contribution in [0.3, 0.4) is 0 Å². The number of alkyl halides is 5. The molecule has 1 atom stereocenters. The fourth-order valence-corrected chi connectivity index (χ4v) is 4.94. The van der Waals surface area contributed by atoms with Gasteiger partial charge >= 0.3 is 0 Å². The van der Waals surface area contributed by atoms with Gasteiger partial charge in [0.15, 0.2) is 11.3 Å². The largest absolute Gasteiger partial charge is 0.332 e. The van der Waals surface area contributed by atoms with E-state index in [4.69, 9.17) is 47.0 Å². The fourth-order valence-electron chi connectivity index (χ4n) is 4.04. The van der Waals surface area contributed by atoms with Crippen LogP contribution in [0.25, 0.3) is 10.9 Å². The van der Waals surface area contributed by atoms with Crippen molar-refractivity contribution < 1.29 is 13.6 Å². The van der Waals surface area contributed by atoms with Gasteiger partial charge in [-0.3, -0.25) is 9.78 Å². The second kappa shape index (κ2) is 10.4. The van der Waals surface area contributed by atoms with Gasteiger partial charge < -0.3 is 15.1 Å². The van der Waals surface area contributed by atoms with Gasteiger partial charge in [-0.2, -0.15) is 0 Å². The molecule has 4 rings (SSSR count). The van der Waals surface area contributed by atoms with Gasteiger partial charge in [0, 0.05) is 30.2 Å². The highest BCUT2D eigenvalue weighted by Crippen LogP contribution is 2.37. The van der Waals surface area contributed by atoms with Crippen LogP contribution in [-0.4, -0.2) is 44.0 Å². The van der Waals surface area contributed by atoms with Gasteiger partial charge in [-0.05, 0) is 30.8 Å². The number of fused-ring (bicyclic) bond motifs is 1. The minimum Gasteiger partial charge on any atom is -0.332 e. The van der Waals surface area contributed by atoms with Crippen LogP contribution in [0.4, 0.5) is 14.5 Å². The molecule has 2 aromatic carbocycles. The number of halogens is 5. The van der Waals surface area contributed by atoms with E-state index in [-0.39, 0.29) is 5.56 Å². The lowest BCUT2D eigenvalue weighted by Crippen LogP contribution is -2.63. The van der Waals surface area contributed by atoms with Crippen LogP contribution in [0.15, 0.2) is 66.9 Å². The molecule has 2 heterocycles. The van der Waals surface area contributed by atoms with Crippen molar-refractivity contribution in [1.29, 1.82) is 0 Å². The summed E-state index contributed by atoms with van der Waals surface area (Å²) in [7, 11) is 0. The predicted molar refractivity (Wildman–Crippen MR) is 140 cm³/mol. The van der Waals surface area contributed by atoms with Crippen LogP contribution in [0.5, 0.6) is 0 Å². The van der Waals surface area contributed by atoms with E-state index < -0.39 is 28.2 Å². The average Bonchev–Trinajstić information content (AvgIpc) is 2.82. The van der Waals surface area contributed by atoms with Crippen LogP contribution in [0.1, 0.15) is 18.4 Å². The summed E-state index contributed by atoms with van der Waals surface area (Å²) in [6.45, 7) is 0.944. The summed E-state index contributed by atoms with van der Waals surface area (Å²) in [6.07, 6.45) is -0.0548. The summed E-state index contributed by atoms with van der Waals surface area (Å²) in [6, 6.07) is 16.6. The number of nitrogens with zero attached hydrogens (tertiary/aromatic N) is 3. The second-order valence-corrected chi connectivity index (χ2v) is 10.8. The molecule has 35 heavy (non-hydrogen) atoms. The molecule has 1 aliphatic heterocycles. The number of hydrogen-bond acceptors (Lipinski definition) is 3. The molecule has 11 heteroatoms. The zero-order chi connectivity index (χ0) is 25.2.